The third-order valence-corrected chi connectivity index (χ3v) is 3.52. The van der Waals surface area contributed by atoms with Gasteiger partial charge in [-0.3, -0.25) is 0 Å². The van der Waals surface area contributed by atoms with E-state index >= 15 is 0 Å². The summed E-state index contributed by atoms with van der Waals surface area (Å²) in [7, 11) is 0. The molecular weight excluding hydrogens is 172 g/mol. The first-order valence-electron chi connectivity index (χ1n) is 6.50. The summed E-state index contributed by atoms with van der Waals surface area (Å²) in [6, 6.07) is 0. The van der Waals surface area contributed by atoms with Gasteiger partial charge in [-0.1, -0.05) is 51.9 Å². The molecule has 83 valence electrons. The Morgan fingerprint density at radius 3 is 2.29 bits per heavy atom. The van der Waals surface area contributed by atoms with Crippen molar-refractivity contribution in [2.24, 2.45) is 5.92 Å². The fourth-order valence-electron chi connectivity index (χ4n) is 2.51. The molecule has 0 aromatic rings. The SMILES string of the molecule is CCCCCC([O])C1CCCCCC1. The summed E-state index contributed by atoms with van der Waals surface area (Å²) < 4.78 is 0. The van der Waals surface area contributed by atoms with Crippen molar-refractivity contribution in [1.29, 1.82) is 0 Å². The molecule has 1 aliphatic carbocycles. The highest BCUT2D eigenvalue weighted by Crippen LogP contribution is 2.27. The van der Waals surface area contributed by atoms with Crippen LogP contribution in [-0.4, -0.2) is 6.10 Å². The van der Waals surface area contributed by atoms with E-state index in [0.29, 0.717) is 5.92 Å². The van der Waals surface area contributed by atoms with Crippen molar-refractivity contribution in [3.05, 3.63) is 0 Å². The van der Waals surface area contributed by atoms with Gasteiger partial charge in [0.05, 0.1) is 6.10 Å². The summed E-state index contributed by atoms with van der Waals surface area (Å²) in [6.07, 6.45) is 12.0. The lowest BCUT2D eigenvalue weighted by molar-refractivity contribution is 0.0218. The van der Waals surface area contributed by atoms with Crippen molar-refractivity contribution >= 4 is 0 Å². The summed E-state index contributed by atoms with van der Waals surface area (Å²) in [5.41, 5.74) is 0. The predicted molar refractivity (Wildman–Crippen MR) is 59.8 cm³/mol. The van der Waals surface area contributed by atoms with Gasteiger partial charge >= 0.3 is 0 Å². The zero-order valence-corrected chi connectivity index (χ0v) is 9.63. The number of hydrogen-bond acceptors (Lipinski definition) is 0. The lowest BCUT2D eigenvalue weighted by Gasteiger charge is -2.18. The van der Waals surface area contributed by atoms with E-state index in [9.17, 15) is 5.11 Å². The lowest BCUT2D eigenvalue weighted by Crippen LogP contribution is -2.18. The Kier molecular flexibility index (Phi) is 6.25. The highest BCUT2D eigenvalue weighted by atomic mass is 16.3. The predicted octanol–water partition coefficient (Wildman–Crippen LogP) is 4.34. The van der Waals surface area contributed by atoms with E-state index < -0.39 is 0 Å². The molecule has 1 atom stereocenters. The van der Waals surface area contributed by atoms with Gasteiger partial charge in [0.1, 0.15) is 0 Å². The summed E-state index contributed by atoms with van der Waals surface area (Å²) in [4.78, 5) is 0. The second-order valence-electron chi connectivity index (χ2n) is 4.79. The molecule has 14 heavy (non-hydrogen) atoms. The average Bonchev–Trinajstić information content (AvgIpc) is 2.46. The largest absolute Gasteiger partial charge is 0.233 e. The van der Waals surface area contributed by atoms with Crippen molar-refractivity contribution < 1.29 is 5.11 Å². The molecule has 1 nitrogen and oxygen atoms in total. The zero-order chi connectivity index (χ0) is 10.2. The van der Waals surface area contributed by atoms with Gasteiger partial charge < -0.3 is 0 Å². The number of rotatable bonds is 5. The minimum Gasteiger partial charge on any atom is -0.233 e. The first-order chi connectivity index (χ1) is 6.84. The van der Waals surface area contributed by atoms with Crippen LogP contribution < -0.4 is 0 Å². The molecule has 1 fully saturated rings. The Morgan fingerprint density at radius 1 is 1.07 bits per heavy atom. The van der Waals surface area contributed by atoms with Crippen LogP contribution in [0.5, 0.6) is 0 Å². The van der Waals surface area contributed by atoms with Gasteiger partial charge in [-0.15, -0.1) is 0 Å². The van der Waals surface area contributed by atoms with Crippen LogP contribution in [0.4, 0.5) is 0 Å². The highest BCUT2D eigenvalue weighted by molar-refractivity contribution is 4.71. The van der Waals surface area contributed by atoms with Gasteiger partial charge in [0.2, 0.25) is 0 Å². The normalized spacial score (nSPS) is 21.9. The van der Waals surface area contributed by atoms with E-state index in [2.05, 4.69) is 6.92 Å². The minimum atomic E-state index is -0.250. The Morgan fingerprint density at radius 2 is 1.71 bits per heavy atom. The first kappa shape index (κ1) is 12.0. The average molecular weight is 197 g/mol. The van der Waals surface area contributed by atoms with Gasteiger partial charge in [-0.2, -0.15) is 0 Å². The van der Waals surface area contributed by atoms with E-state index in [-0.39, 0.29) is 6.10 Å². The smallest absolute Gasteiger partial charge is 0.0958 e. The van der Waals surface area contributed by atoms with Gasteiger partial charge in [0.25, 0.3) is 0 Å². The Hall–Kier alpha value is -0.0400. The maximum absolute atomic E-state index is 11.9. The molecule has 1 unspecified atom stereocenters. The molecule has 0 aromatic heterocycles. The molecule has 0 bridgehead atoms. The third-order valence-electron chi connectivity index (χ3n) is 3.52. The van der Waals surface area contributed by atoms with Gasteiger partial charge in [0, 0.05) is 0 Å². The van der Waals surface area contributed by atoms with Crippen molar-refractivity contribution in [2.75, 3.05) is 0 Å². The Labute approximate surface area is 88.9 Å². The molecule has 1 aliphatic rings. The van der Waals surface area contributed by atoms with E-state index in [4.69, 9.17) is 0 Å². The van der Waals surface area contributed by atoms with Crippen LogP contribution in [0.2, 0.25) is 0 Å². The molecule has 0 spiro atoms. The minimum absolute atomic E-state index is 0.250. The Balaban J connectivity index is 2.16. The fourth-order valence-corrected chi connectivity index (χ4v) is 2.51. The van der Waals surface area contributed by atoms with Gasteiger partial charge in [0.15, 0.2) is 0 Å². The molecule has 1 radical (unpaired) electrons. The molecule has 0 N–H and O–H groups in total. The second kappa shape index (κ2) is 7.28. The van der Waals surface area contributed by atoms with Crippen LogP contribution in [0.25, 0.3) is 0 Å². The second-order valence-corrected chi connectivity index (χ2v) is 4.79. The molecule has 0 saturated heterocycles. The topological polar surface area (TPSA) is 19.9 Å². The summed E-state index contributed by atoms with van der Waals surface area (Å²) >= 11 is 0. The van der Waals surface area contributed by atoms with Crippen LogP contribution >= 0.6 is 0 Å². The summed E-state index contributed by atoms with van der Waals surface area (Å²) in [5, 5.41) is 11.9. The van der Waals surface area contributed by atoms with Gasteiger partial charge in [-0.25, -0.2) is 5.11 Å². The van der Waals surface area contributed by atoms with Gasteiger partial charge in [-0.05, 0) is 25.2 Å². The standard InChI is InChI=1S/C13H25O/c1-2-3-6-11-13(14)12-9-7-4-5-8-10-12/h12-13H,2-11H2,1H3. The lowest BCUT2D eigenvalue weighted by atomic mass is 9.91. The number of unbranched alkanes of at least 4 members (excludes halogenated alkanes) is 2. The molecule has 0 heterocycles. The molecular formula is C13H25O. The van der Waals surface area contributed by atoms with Crippen LogP contribution in [0.3, 0.4) is 0 Å². The maximum atomic E-state index is 11.9. The van der Waals surface area contributed by atoms with Crippen LogP contribution in [0, 0.1) is 5.92 Å². The number of hydrogen-bond donors (Lipinski definition) is 0. The Bertz CT molecular complexity index is 125. The fraction of sp³-hybridized carbons (Fsp3) is 1.00. The monoisotopic (exact) mass is 197 g/mol. The quantitative estimate of drug-likeness (QED) is 0.461. The summed E-state index contributed by atoms with van der Waals surface area (Å²) in [6.45, 7) is 2.20. The first-order valence-corrected chi connectivity index (χ1v) is 6.50. The van der Waals surface area contributed by atoms with Crippen molar-refractivity contribution in [3.63, 3.8) is 0 Å². The van der Waals surface area contributed by atoms with Crippen molar-refractivity contribution in [2.45, 2.75) is 77.2 Å². The molecule has 1 heteroatoms. The molecule has 1 rings (SSSR count). The molecule has 0 aromatic carbocycles. The van der Waals surface area contributed by atoms with E-state index in [1.807, 2.05) is 0 Å². The van der Waals surface area contributed by atoms with Crippen LogP contribution in [0.15, 0.2) is 0 Å². The van der Waals surface area contributed by atoms with Crippen molar-refractivity contribution in [3.8, 4) is 0 Å². The molecule has 0 amide bonds. The zero-order valence-electron chi connectivity index (χ0n) is 9.63. The molecule has 1 saturated carbocycles. The van der Waals surface area contributed by atoms with Crippen molar-refractivity contribution in [1.82, 2.24) is 0 Å². The molecule has 0 aliphatic heterocycles. The maximum Gasteiger partial charge on any atom is 0.0958 e. The van der Waals surface area contributed by atoms with Crippen LogP contribution in [-0.2, 0) is 5.11 Å². The summed E-state index contributed by atoms with van der Waals surface area (Å²) in [5.74, 6) is 0.509. The van der Waals surface area contributed by atoms with E-state index in [0.717, 1.165) is 12.8 Å². The third kappa shape index (κ3) is 4.45. The highest BCUT2D eigenvalue weighted by Gasteiger charge is 2.21. The van der Waals surface area contributed by atoms with E-state index in [1.54, 1.807) is 0 Å². The van der Waals surface area contributed by atoms with E-state index in [1.165, 1.54) is 51.4 Å². The van der Waals surface area contributed by atoms with Crippen LogP contribution in [0.1, 0.15) is 71.1 Å².